The van der Waals surface area contributed by atoms with E-state index >= 15 is 0 Å². The van der Waals surface area contributed by atoms with Crippen LogP contribution in [0.1, 0.15) is 20.3 Å². The van der Waals surface area contributed by atoms with Crippen LogP contribution in [0.25, 0.3) is 0 Å². The molecule has 0 bridgehead atoms. The summed E-state index contributed by atoms with van der Waals surface area (Å²) < 4.78 is 10.9. The second-order valence-corrected chi connectivity index (χ2v) is 4.98. The minimum Gasteiger partial charge on any atom is -0.355 e. The van der Waals surface area contributed by atoms with Gasteiger partial charge in [0, 0.05) is 28.9 Å². The maximum absolute atomic E-state index is 11.0. The molecular formula is C8H18N2O2S. The summed E-state index contributed by atoms with van der Waals surface area (Å²) in [5, 5.41) is 2.79. The number of amides is 1. The molecule has 0 aliphatic rings. The smallest absolute Gasteiger partial charge is 0.236 e. The predicted octanol–water partition coefficient (Wildman–Crippen LogP) is -0.393. The van der Waals surface area contributed by atoms with Crippen molar-refractivity contribution in [1.29, 1.82) is 0 Å². The van der Waals surface area contributed by atoms with E-state index in [1.54, 1.807) is 13.2 Å². The summed E-state index contributed by atoms with van der Waals surface area (Å²) in [5.74, 6) is -0.158. The van der Waals surface area contributed by atoms with Gasteiger partial charge in [-0.15, -0.1) is 0 Å². The van der Waals surface area contributed by atoms with E-state index < -0.39 is 16.8 Å². The Morgan fingerprint density at radius 3 is 2.46 bits per heavy atom. The summed E-state index contributed by atoms with van der Waals surface area (Å²) >= 11 is 0. The lowest BCUT2D eigenvalue weighted by Crippen LogP contribution is -2.39. The normalized spacial score (nSPS) is 17.5. The lowest BCUT2D eigenvalue weighted by atomic mass is 10.3. The zero-order valence-corrected chi connectivity index (χ0v) is 9.19. The van der Waals surface area contributed by atoms with Crippen LogP contribution < -0.4 is 11.1 Å². The standard InChI is InChI=1S/C8H18N2O2S/c1-6(13(3)12)4-5-10-8(11)7(2)9/h6-7H,4-5,9H2,1-3H3,(H,10,11)/t6?,7-,13?/m1/s1. The first-order chi connectivity index (χ1) is 5.95. The van der Waals surface area contributed by atoms with Gasteiger partial charge in [0.25, 0.3) is 0 Å². The Balaban J connectivity index is 3.56. The minimum absolute atomic E-state index is 0.119. The summed E-state index contributed by atoms with van der Waals surface area (Å²) in [6.45, 7) is 4.08. The molecule has 5 heteroatoms. The van der Waals surface area contributed by atoms with Gasteiger partial charge >= 0.3 is 0 Å². The third kappa shape index (κ3) is 5.76. The van der Waals surface area contributed by atoms with Crippen molar-refractivity contribution in [2.45, 2.75) is 31.6 Å². The van der Waals surface area contributed by atoms with Crippen LogP contribution in [0.2, 0.25) is 0 Å². The molecule has 0 rings (SSSR count). The van der Waals surface area contributed by atoms with Gasteiger partial charge < -0.3 is 11.1 Å². The molecule has 13 heavy (non-hydrogen) atoms. The SMILES string of the molecule is CC(CCNC(=O)[C@@H](C)N)S(C)=O. The summed E-state index contributed by atoms with van der Waals surface area (Å²) in [6, 6.07) is -0.470. The zero-order chi connectivity index (χ0) is 10.4. The number of carbonyl (C=O) groups excluding carboxylic acids is 1. The first-order valence-electron chi connectivity index (χ1n) is 4.30. The van der Waals surface area contributed by atoms with Crippen LogP contribution >= 0.6 is 0 Å². The van der Waals surface area contributed by atoms with Gasteiger partial charge in [-0.05, 0) is 13.3 Å². The van der Waals surface area contributed by atoms with Crippen LogP contribution in [0.5, 0.6) is 0 Å². The molecule has 0 spiro atoms. The quantitative estimate of drug-likeness (QED) is 0.643. The van der Waals surface area contributed by atoms with Crippen molar-refractivity contribution in [2.75, 3.05) is 12.8 Å². The zero-order valence-electron chi connectivity index (χ0n) is 8.37. The van der Waals surface area contributed by atoms with Crippen molar-refractivity contribution >= 4 is 16.7 Å². The topological polar surface area (TPSA) is 72.2 Å². The molecule has 0 radical (unpaired) electrons. The molecule has 0 aromatic heterocycles. The van der Waals surface area contributed by atoms with Gasteiger partial charge in [-0.25, -0.2) is 0 Å². The molecule has 3 N–H and O–H groups in total. The van der Waals surface area contributed by atoms with Crippen LogP contribution in [0.4, 0.5) is 0 Å². The number of hydrogen-bond acceptors (Lipinski definition) is 3. The van der Waals surface area contributed by atoms with Gasteiger partial charge in [0.2, 0.25) is 5.91 Å². The van der Waals surface area contributed by atoms with Gasteiger partial charge in [0.05, 0.1) is 6.04 Å². The summed E-state index contributed by atoms with van der Waals surface area (Å²) in [7, 11) is -0.818. The minimum atomic E-state index is -0.818. The molecule has 3 atom stereocenters. The van der Waals surface area contributed by atoms with Crippen LogP contribution in [-0.4, -0.2) is 34.2 Å². The molecule has 1 amide bonds. The lowest BCUT2D eigenvalue weighted by molar-refractivity contribution is -0.121. The number of nitrogens with one attached hydrogen (secondary N) is 1. The highest BCUT2D eigenvalue weighted by atomic mass is 32.2. The third-order valence-electron chi connectivity index (χ3n) is 1.83. The van der Waals surface area contributed by atoms with Crippen molar-refractivity contribution in [3.05, 3.63) is 0 Å². The molecule has 78 valence electrons. The Kier molecular flexibility index (Phi) is 5.90. The summed E-state index contributed by atoms with van der Waals surface area (Å²) in [4.78, 5) is 11.0. The Morgan fingerprint density at radius 1 is 1.54 bits per heavy atom. The maximum atomic E-state index is 11.0. The number of hydrogen-bond donors (Lipinski definition) is 2. The van der Waals surface area contributed by atoms with Gasteiger partial charge in [0.15, 0.2) is 0 Å². The highest BCUT2D eigenvalue weighted by molar-refractivity contribution is 7.84. The van der Waals surface area contributed by atoms with Crippen molar-refractivity contribution in [2.24, 2.45) is 5.73 Å². The van der Waals surface area contributed by atoms with Crippen molar-refractivity contribution in [1.82, 2.24) is 5.32 Å². The average Bonchev–Trinajstić information content (AvgIpc) is 2.03. The number of rotatable bonds is 5. The second-order valence-electron chi connectivity index (χ2n) is 3.18. The lowest BCUT2D eigenvalue weighted by Gasteiger charge is -2.10. The van der Waals surface area contributed by atoms with E-state index in [0.717, 1.165) is 6.42 Å². The van der Waals surface area contributed by atoms with Crippen molar-refractivity contribution in [3.8, 4) is 0 Å². The number of carbonyl (C=O) groups is 1. The van der Waals surface area contributed by atoms with E-state index in [4.69, 9.17) is 5.73 Å². The van der Waals surface area contributed by atoms with E-state index in [2.05, 4.69) is 5.32 Å². The van der Waals surface area contributed by atoms with Gasteiger partial charge in [0.1, 0.15) is 0 Å². The Bertz CT molecular complexity index is 195. The van der Waals surface area contributed by atoms with Crippen LogP contribution in [0.3, 0.4) is 0 Å². The molecule has 0 aromatic carbocycles. The van der Waals surface area contributed by atoms with Crippen LogP contribution in [0, 0.1) is 0 Å². The van der Waals surface area contributed by atoms with Gasteiger partial charge in [-0.2, -0.15) is 0 Å². The Hall–Kier alpha value is -0.420. The van der Waals surface area contributed by atoms with E-state index in [9.17, 15) is 9.00 Å². The van der Waals surface area contributed by atoms with Crippen molar-refractivity contribution in [3.63, 3.8) is 0 Å². The van der Waals surface area contributed by atoms with E-state index in [0.29, 0.717) is 6.54 Å². The molecule has 0 aliphatic heterocycles. The Labute approximate surface area is 81.7 Å². The van der Waals surface area contributed by atoms with E-state index in [-0.39, 0.29) is 11.2 Å². The molecule has 0 heterocycles. The maximum Gasteiger partial charge on any atom is 0.236 e. The third-order valence-corrected chi connectivity index (χ3v) is 3.20. The molecule has 2 unspecified atom stereocenters. The predicted molar refractivity (Wildman–Crippen MR) is 54.8 cm³/mol. The highest BCUT2D eigenvalue weighted by Crippen LogP contribution is 1.97. The second kappa shape index (κ2) is 6.10. The van der Waals surface area contributed by atoms with Crippen molar-refractivity contribution < 1.29 is 9.00 Å². The number of nitrogens with two attached hydrogens (primary N) is 1. The monoisotopic (exact) mass is 206 g/mol. The first-order valence-corrected chi connectivity index (χ1v) is 5.92. The summed E-state index contributed by atoms with van der Waals surface area (Å²) in [5.41, 5.74) is 5.34. The van der Waals surface area contributed by atoms with Crippen LogP contribution in [0.15, 0.2) is 0 Å². The molecule has 0 aliphatic carbocycles. The fraction of sp³-hybridized carbons (Fsp3) is 0.875. The average molecular weight is 206 g/mol. The molecule has 0 saturated heterocycles. The molecular weight excluding hydrogens is 188 g/mol. The van der Waals surface area contributed by atoms with E-state index in [1.165, 1.54) is 0 Å². The first kappa shape index (κ1) is 12.6. The summed E-state index contributed by atoms with van der Waals surface area (Å²) in [6.07, 6.45) is 2.39. The largest absolute Gasteiger partial charge is 0.355 e. The molecule has 4 nitrogen and oxygen atoms in total. The van der Waals surface area contributed by atoms with Crippen LogP contribution in [-0.2, 0) is 15.6 Å². The highest BCUT2D eigenvalue weighted by Gasteiger charge is 2.08. The fourth-order valence-electron chi connectivity index (χ4n) is 0.726. The van der Waals surface area contributed by atoms with Gasteiger partial charge in [-0.1, -0.05) is 6.92 Å². The molecule has 0 fully saturated rings. The van der Waals surface area contributed by atoms with E-state index in [1.807, 2.05) is 6.92 Å². The Morgan fingerprint density at radius 2 is 2.08 bits per heavy atom. The molecule has 0 saturated carbocycles. The van der Waals surface area contributed by atoms with Gasteiger partial charge in [-0.3, -0.25) is 9.00 Å². The fourth-order valence-corrected chi connectivity index (χ4v) is 1.18. The molecule has 0 aromatic rings.